The topological polar surface area (TPSA) is 49.3 Å². The summed E-state index contributed by atoms with van der Waals surface area (Å²) in [5.74, 6) is 5.95. The lowest BCUT2D eigenvalue weighted by Crippen LogP contribution is -2.12. The van der Waals surface area contributed by atoms with Crippen LogP contribution in [0.25, 0.3) is 0 Å². The molecule has 0 unspecified atom stereocenters. The Balaban J connectivity index is 2.85. The van der Waals surface area contributed by atoms with Gasteiger partial charge in [0.25, 0.3) is 0 Å². The fourth-order valence-corrected chi connectivity index (χ4v) is 1.75. The van der Waals surface area contributed by atoms with Gasteiger partial charge in [0.15, 0.2) is 0 Å². The van der Waals surface area contributed by atoms with Crippen molar-refractivity contribution in [2.45, 2.75) is 39.5 Å². The van der Waals surface area contributed by atoms with E-state index in [2.05, 4.69) is 24.1 Å². The molecule has 0 atom stereocenters. The molecular weight excluding hydrogens is 238 g/mol. The van der Waals surface area contributed by atoms with E-state index >= 15 is 0 Å². The van der Waals surface area contributed by atoms with E-state index in [0.29, 0.717) is 12.8 Å². The third kappa shape index (κ3) is 5.15. The van der Waals surface area contributed by atoms with Crippen LogP contribution in [0.1, 0.15) is 44.2 Å². The Labute approximate surface area is 115 Å². The first kappa shape index (κ1) is 15.3. The van der Waals surface area contributed by atoms with E-state index in [4.69, 9.17) is 5.11 Å². The van der Waals surface area contributed by atoms with Crippen LogP contribution in [0.4, 0.5) is 5.69 Å². The van der Waals surface area contributed by atoms with Gasteiger partial charge in [0, 0.05) is 24.1 Å². The highest BCUT2D eigenvalue weighted by Gasteiger charge is 2.05. The van der Waals surface area contributed by atoms with Gasteiger partial charge in [-0.15, -0.1) is 0 Å². The first-order chi connectivity index (χ1) is 9.21. The second-order valence-corrected chi connectivity index (χ2v) is 4.30. The largest absolute Gasteiger partial charge is 0.395 e. The highest BCUT2D eigenvalue weighted by molar-refractivity contribution is 5.91. The van der Waals surface area contributed by atoms with E-state index in [1.165, 1.54) is 0 Å². The molecule has 0 bridgehead atoms. The standard InChI is InChI=1S/C16H21NO2/c1-3-7-16(19)17-15-10-9-13(8-5-6-11-18)12-14(15)4-2/h9-10,12,18H,3-4,6-7,11H2,1-2H3,(H,17,19). The molecule has 0 spiro atoms. The maximum absolute atomic E-state index is 11.6. The van der Waals surface area contributed by atoms with Crippen molar-refractivity contribution < 1.29 is 9.90 Å². The highest BCUT2D eigenvalue weighted by Crippen LogP contribution is 2.18. The number of aliphatic hydroxyl groups is 1. The van der Waals surface area contributed by atoms with Crippen LogP contribution in [0.15, 0.2) is 18.2 Å². The Hall–Kier alpha value is -1.79. The van der Waals surface area contributed by atoms with Crippen LogP contribution in [0.3, 0.4) is 0 Å². The van der Waals surface area contributed by atoms with E-state index in [9.17, 15) is 4.79 Å². The molecule has 3 nitrogen and oxygen atoms in total. The molecule has 1 aromatic carbocycles. The van der Waals surface area contributed by atoms with Gasteiger partial charge in [-0.25, -0.2) is 0 Å². The minimum atomic E-state index is 0.0521. The third-order valence-corrected chi connectivity index (χ3v) is 2.71. The Morgan fingerprint density at radius 2 is 2.16 bits per heavy atom. The maximum Gasteiger partial charge on any atom is 0.224 e. The molecule has 0 aliphatic carbocycles. The number of hydrogen-bond donors (Lipinski definition) is 2. The zero-order valence-corrected chi connectivity index (χ0v) is 11.6. The molecule has 1 amide bonds. The summed E-state index contributed by atoms with van der Waals surface area (Å²) in [6.07, 6.45) is 2.72. The summed E-state index contributed by atoms with van der Waals surface area (Å²) < 4.78 is 0. The quantitative estimate of drug-likeness (QED) is 0.799. The molecule has 0 fully saturated rings. The molecule has 0 aliphatic heterocycles. The van der Waals surface area contributed by atoms with Gasteiger partial charge in [0.2, 0.25) is 5.91 Å². The molecule has 102 valence electrons. The van der Waals surface area contributed by atoms with Crippen molar-refractivity contribution in [1.29, 1.82) is 0 Å². The van der Waals surface area contributed by atoms with Crippen molar-refractivity contribution >= 4 is 11.6 Å². The predicted octanol–water partition coefficient (Wildman–Crippen LogP) is 2.72. The van der Waals surface area contributed by atoms with Crippen LogP contribution in [0, 0.1) is 11.8 Å². The second-order valence-electron chi connectivity index (χ2n) is 4.30. The Morgan fingerprint density at radius 1 is 1.37 bits per heavy atom. The number of aryl methyl sites for hydroxylation is 1. The molecule has 0 heterocycles. The molecule has 0 saturated carbocycles. The van der Waals surface area contributed by atoms with Gasteiger partial charge in [-0.2, -0.15) is 0 Å². The molecule has 3 heteroatoms. The van der Waals surface area contributed by atoms with Crippen LogP contribution in [0.5, 0.6) is 0 Å². The van der Waals surface area contributed by atoms with Gasteiger partial charge in [0.1, 0.15) is 0 Å². The molecule has 0 aliphatic rings. The van der Waals surface area contributed by atoms with Crippen molar-refractivity contribution in [1.82, 2.24) is 0 Å². The number of nitrogens with one attached hydrogen (secondary N) is 1. The summed E-state index contributed by atoms with van der Waals surface area (Å²) in [4.78, 5) is 11.6. The van der Waals surface area contributed by atoms with Crippen molar-refractivity contribution in [2.24, 2.45) is 0 Å². The van der Waals surface area contributed by atoms with Gasteiger partial charge < -0.3 is 10.4 Å². The van der Waals surface area contributed by atoms with Crippen LogP contribution in [-0.2, 0) is 11.2 Å². The zero-order chi connectivity index (χ0) is 14.1. The number of anilines is 1. The Bertz CT molecular complexity index is 483. The fourth-order valence-electron chi connectivity index (χ4n) is 1.75. The number of hydrogen-bond acceptors (Lipinski definition) is 2. The smallest absolute Gasteiger partial charge is 0.224 e. The second kappa shape index (κ2) is 8.34. The number of carbonyl (C=O) groups is 1. The van der Waals surface area contributed by atoms with Crippen molar-refractivity contribution in [3.05, 3.63) is 29.3 Å². The molecular formula is C16H21NO2. The molecule has 0 saturated heterocycles. The number of aliphatic hydroxyl groups excluding tert-OH is 1. The number of rotatable bonds is 5. The normalized spacial score (nSPS) is 9.63. The predicted molar refractivity (Wildman–Crippen MR) is 77.9 cm³/mol. The SMILES string of the molecule is CCCC(=O)Nc1ccc(C#CCCO)cc1CC. The average Bonchev–Trinajstić information content (AvgIpc) is 2.41. The van der Waals surface area contributed by atoms with Crippen molar-refractivity contribution in [3.8, 4) is 11.8 Å². The third-order valence-electron chi connectivity index (χ3n) is 2.71. The zero-order valence-electron chi connectivity index (χ0n) is 11.6. The van der Waals surface area contributed by atoms with Gasteiger partial charge in [0.05, 0.1) is 6.61 Å². The molecule has 0 aromatic heterocycles. The monoisotopic (exact) mass is 259 g/mol. The van der Waals surface area contributed by atoms with E-state index in [1.807, 2.05) is 25.1 Å². The van der Waals surface area contributed by atoms with Crippen LogP contribution in [-0.4, -0.2) is 17.6 Å². The molecule has 1 rings (SSSR count). The van der Waals surface area contributed by atoms with Crippen molar-refractivity contribution in [3.63, 3.8) is 0 Å². The summed E-state index contributed by atoms with van der Waals surface area (Å²) in [5, 5.41) is 11.6. The Kier molecular flexibility index (Phi) is 6.70. The van der Waals surface area contributed by atoms with Crippen LogP contribution < -0.4 is 5.32 Å². The lowest BCUT2D eigenvalue weighted by atomic mass is 10.1. The van der Waals surface area contributed by atoms with Gasteiger partial charge in [-0.3, -0.25) is 4.79 Å². The van der Waals surface area contributed by atoms with E-state index < -0.39 is 0 Å². The summed E-state index contributed by atoms with van der Waals surface area (Å²) in [6, 6.07) is 5.78. The number of carbonyl (C=O) groups excluding carboxylic acids is 1. The Morgan fingerprint density at radius 3 is 2.79 bits per heavy atom. The number of benzene rings is 1. The van der Waals surface area contributed by atoms with Crippen LogP contribution in [0.2, 0.25) is 0 Å². The average molecular weight is 259 g/mol. The highest BCUT2D eigenvalue weighted by atomic mass is 16.2. The lowest BCUT2D eigenvalue weighted by molar-refractivity contribution is -0.116. The summed E-state index contributed by atoms with van der Waals surface area (Å²) in [7, 11) is 0. The molecule has 1 aromatic rings. The first-order valence-corrected chi connectivity index (χ1v) is 6.73. The van der Waals surface area contributed by atoms with E-state index in [-0.39, 0.29) is 12.5 Å². The fraction of sp³-hybridized carbons (Fsp3) is 0.438. The van der Waals surface area contributed by atoms with Crippen LogP contribution >= 0.6 is 0 Å². The lowest BCUT2D eigenvalue weighted by Gasteiger charge is -2.10. The first-order valence-electron chi connectivity index (χ1n) is 6.73. The molecule has 2 N–H and O–H groups in total. The maximum atomic E-state index is 11.6. The summed E-state index contributed by atoms with van der Waals surface area (Å²) in [5.41, 5.74) is 2.87. The molecule has 0 radical (unpaired) electrons. The summed E-state index contributed by atoms with van der Waals surface area (Å²) in [6.45, 7) is 4.12. The number of amides is 1. The van der Waals surface area contributed by atoms with Crippen molar-refractivity contribution in [2.75, 3.05) is 11.9 Å². The van der Waals surface area contributed by atoms with Gasteiger partial charge in [-0.1, -0.05) is 25.7 Å². The van der Waals surface area contributed by atoms with Gasteiger partial charge >= 0.3 is 0 Å². The van der Waals surface area contributed by atoms with E-state index in [0.717, 1.165) is 29.7 Å². The van der Waals surface area contributed by atoms with Gasteiger partial charge in [-0.05, 0) is 36.6 Å². The minimum Gasteiger partial charge on any atom is -0.395 e. The summed E-state index contributed by atoms with van der Waals surface area (Å²) >= 11 is 0. The minimum absolute atomic E-state index is 0.0521. The molecule has 19 heavy (non-hydrogen) atoms. The van der Waals surface area contributed by atoms with E-state index in [1.54, 1.807) is 0 Å².